The fourth-order valence-corrected chi connectivity index (χ4v) is 3.56. The predicted molar refractivity (Wildman–Crippen MR) is 113 cm³/mol. The van der Waals surface area contributed by atoms with Gasteiger partial charge in [0.15, 0.2) is 0 Å². The molecule has 5 aromatic rings. The van der Waals surface area contributed by atoms with E-state index in [0.717, 1.165) is 49.0 Å². The lowest BCUT2D eigenvalue weighted by Crippen LogP contribution is -2.32. The Labute approximate surface area is 180 Å². The molecule has 0 aliphatic heterocycles. The van der Waals surface area contributed by atoms with Gasteiger partial charge in [0.2, 0.25) is 12.7 Å². The molecule has 8 heteroatoms. The molecule has 0 spiro atoms. The molecule has 5 rings (SSSR count). The zero-order valence-electron chi connectivity index (χ0n) is 17.1. The Morgan fingerprint density at radius 3 is 1.94 bits per heavy atom. The SMILES string of the molecule is c1ccc(Cn2cc[n+](Cc3cc(C[n+]4ccn(Cc5ccccn5)c4)[nH]n3)c2)nc1. The van der Waals surface area contributed by atoms with Crippen LogP contribution in [0.5, 0.6) is 0 Å². The maximum Gasteiger partial charge on any atom is 0.244 e. The number of H-pyrrole nitrogens is 1. The number of nitrogens with one attached hydrogen (secondary N) is 1. The normalized spacial score (nSPS) is 11.1. The van der Waals surface area contributed by atoms with Crippen molar-refractivity contribution >= 4 is 0 Å². The molecular weight excluding hydrogens is 388 g/mol. The molecule has 0 bridgehead atoms. The van der Waals surface area contributed by atoms with Crippen LogP contribution in [0.4, 0.5) is 0 Å². The van der Waals surface area contributed by atoms with Crippen molar-refractivity contribution in [2.45, 2.75) is 26.2 Å². The Kier molecular flexibility index (Phi) is 5.34. The van der Waals surface area contributed by atoms with Gasteiger partial charge in [0.1, 0.15) is 56.7 Å². The van der Waals surface area contributed by atoms with E-state index in [1.165, 1.54) is 0 Å². The second-order valence-corrected chi connectivity index (χ2v) is 7.54. The molecule has 5 heterocycles. The van der Waals surface area contributed by atoms with Crippen LogP contribution >= 0.6 is 0 Å². The predicted octanol–water partition coefficient (Wildman–Crippen LogP) is 1.57. The molecule has 8 nitrogen and oxygen atoms in total. The van der Waals surface area contributed by atoms with E-state index in [4.69, 9.17) is 0 Å². The first-order valence-corrected chi connectivity index (χ1v) is 10.2. The molecule has 0 atom stereocenters. The van der Waals surface area contributed by atoms with Crippen molar-refractivity contribution in [1.82, 2.24) is 29.3 Å². The van der Waals surface area contributed by atoms with E-state index in [1.54, 1.807) is 0 Å². The summed E-state index contributed by atoms with van der Waals surface area (Å²) in [5.41, 5.74) is 4.16. The van der Waals surface area contributed by atoms with Crippen LogP contribution in [0.1, 0.15) is 22.8 Å². The highest BCUT2D eigenvalue weighted by molar-refractivity contribution is 5.07. The number of nitrogens with zero attached hydrogens (tertiary/aromatic N) is 7. The number of hydrogen-bond acceptors (Lipinski definition) is 3. The second-order valence-electron chi connectivity index (χ2n) is 7.54. The molecule has 154 valence electrons. The van der Waals surface area contributed by atoms with Crippen molar-refractivity contribution in [3.8, 4) is 0 Å². The molecule has 5 aromatic heterocycles. The average molecular weight is 413 g/mol. The van der Waals surface area contributed by atoms with Crippen molar-refractivity contribution < 1.29 is 9.13 Å². The van der Waals surface area contributed by atoms with Crippen LogP contribution in [0.2, 0.25) is 0 Å². The van der Waals surface area contributed by atoms with Crippen LogP contribution in [0.25, 0.3) is 0 Å². The Morgan fingerprint density at radius 1 is 0.742 bits per heavy atom. The maximum atomic E-state index is 4.48. The molecule has 0 aliphatic rings. The first kappa shape index (κ1) is 18.9. The van der Waals surface area contributed by atoms with Gasteiger partial charge in [-0.2, -0.15) is 5.10 Å². The summed E-state index contributed by atoms with van der Waals surface area (Å²) in [4.78, 5) is 8.76. The summed E-state index contributed by atoms with van der Waals surface area (Å²) in [6.07, 6.45) is 16.1. The zero-order chi connectivity index (χ0) is 20.9. The van der Waals surface area contributed by atoms with Gasteiger partial charge in [0, 0.05) is 12.4 Å². The van der Waals surface area contributed by atoms with E-state index in [-0.39, 0.29) is 0 Å². The minimum atomic E-state index is 0.719. The van der Waals surface area contributed by atoms with Crippen molar-refractivity contribution in [2.24, 2.45) is 0 Å². The summed E-state index contributed by atoms with van der Waals surface area (Å²) in [6.45, 7) is 2.98. The van der Waals surface area contributed by atoms with Crippen molar-refractivity contribution in [1.29, 1.82) is 0 Å². The summed E-state index contributed by atoms with van der Waals surface area (Å²) in [7, 11) is 0. The summed E-state index contributed by atoms with van der Waals surface area (Å²) >= 11 is 0. The van der Waals surface area contributed by atoms with Crippen molar-refractivity contribution in [2.75, 3.05) is 0 Å². The summed E-state index contributed by atoms with van der Waals surface area (Å²) in [6, 6.07) is 14.1. The van der Waals surface area contributed by atoms with Gasteiger partial charge in [-0.3, -0.25) is 15.1 Å². The molecule has 0 saturated carbocycles. The van der Waals surface area contributed by atoms with Crippen LogP contribution in [0.3, 0.4) is 0 Å². The van der Waals surface area contributed by atoms with E-state index in [0.29, 0.717) is 0 Å². The number of pyridine rings is 2. The molecule has 0 amide bonds. The van der Waals surface area contributed by atoms with Crippen LogP contribution in [0, 0.1) is 0 Å². The largest absolute Gasteiger partial charge is 0.278 e. The van der Waals surface area contributed by atoms with Gasteiger partial charge in [0.05, 0.1) is 17.1 Å². The van der Waals surface area contributed by atoms with Crippen molar-refractivity contribution in [3.05, 3.63) is 115 Å². The van der Waals surface area contributed by atoms with Crippen LogP contribution in [-0.4, -0.2) is 29.3 Å². The molecular formula is C23H24N8+2. The van der Waals surface area contributed by atoms with E-state index in [9.17, 15) is 0 Å². The fourth-order valence-electron chi connectivity index (χ4n) is 3.56. The highest BCUT2D eigenvalue weighted by Crippen LogP contribution is 2.02. The lowest BCUT2D eigenvalue weighted by atomic mass is 10.3. The minimum absolute atomic E-state index is 0.719. The molecule has 0 unspecified atom stereocenters. The van der Waals surface area contributed by atoms with Crippen molar-refractivity contribution in [3.63, 3.8) is 0 Å². The third-order valence-electron chi connectivity index (χ3n) is 5.02. The summed E-state index contributed by atoms with van der Waals surface area (Å²) in [5.74, 6) is 0. The maximum absolute atomic E-state index is 4.48. The highest BCUT2D eigenvalue weighted by atomic mass is 15.2. The fraction of sp³-hybridized carbons (Fsp3) is 0.174. The molecule has 0 radical (unpaired) electrons. The quantitative estimate of drug-likeness (QED) is 0.393. The first-order valence-electron chi connectivity index (χ1n) is 10.2. The van der Waals surface area contributed by atoms with Crippen LogP contribution < -0.4 is 9.13 Å². The monoisotopic (exact) mass is 412 g/mol. The highest BCUT2D eigenvalue weighted by Gasteiger charge is 2.11. The second kappa shape index (κ2) is 8.74. The smallest absolute Gasteiger partial charge is 0.244 e. The van der Waals surface area contributed by atoms with Crippen LogP contribution in [0.15, 0.2) is 92.3 Å². The lowest BCUT2D eigenvalue weighted by molar-refractivity contribution is -0.688. The van der Waals surface area contributed by atoms with Gasteiger partial charge in [-0.05, 0) is 30.3 Å². The minimum Gasteiger partial charge on any atom is -0.278 e. The standard InChI is InChI=1S/C23H24N8/c1-3-7-24-20(5-1)14-28-9-11-30(18-28)16-22-13-23(27-26-22)17-31-12-10-29(19-31)15-21-6-2-4-8-25-21/h1-13,18-19H,14-17H2,(H,26,27)/q+2. The van der Waals surface area contributed by atoms with Gasteiger partial charge >= 0.3 is 0 Å². The van der Waals surface area contributed by atoms with Gasteiger partial charge < -0.3 is 0 Å². The zero-order valence-corrected chi connectivity index (χ0v) is 17.1. The average Bonchev–Trinajstić information content (AvgIpc) is 3.53. The molecule has 31 heavy (non-hydrogen) atoms. The Bertz CT molecular complexity index is 1140. The first-order chi connectivity index (χ1) is 15.3. The Morgan fingerprint density at radius 2 is 1.35 bits per heavy atom. The molecule has 0 saturated heterocycles. The lowest BCUT2D eigenvalue weighted by Gasteiger charge is -1.96. The molecule has 0 aromatic carbocycles. The van der Waals surface area contributed by atoms with E-state index in [2.05, 4.69) is 81.9 Å². The van der Waals surface area contributed by atoms with E-state index in [1.807, 2.05) is 48.8 Å². The molecule has 0 fully saturated rings. The summed E-state index contributed by atoms with van der Waals surface area (Å²) < 4.78 is 8.51. The van der Waals surface area contributed by atoms with E-state index < -0.39 is 0 Å². The number of aromatic nitrogens is 8. The number of hydrogen-bond donors (Lipinski definition) is 1. The van der Waals surface area contributed by atoms with Gasteiger partial charge in [-0.15, -0.1) is 0 Å². The van der Waals surface area contributed by atoms with Gasteiger partial charge in [-0.25, -0.2) is 18.3 Å². The molecule has 1 N–H and O–H groups in total. The number of aromatic amines is 1. The third-order valence-corrected chi connectivity index (χ3v) is 5.02. The molecule has 0 aliphatic carbocycles. The van der Waals surface area contributed by atoms with Gasteiger partial charge in [-0.1, -0.05) is 12.1 Å². The topological polar surface area (TPSA) is 72.1 Å². The number of imidazole rings is 2. The van der Waals surface area contributed by atoms with E-state index >= 15 is 0 Å². The van der Waals surface area contributed by atoms with Gasteiger partial charge in [0.25, 0.3) is 0 Å². The Balaban J connectivity index is 1.18. The number of rotatable bonds is 8. The summed E-state index contributed by atoms with van der Waals surface area (Å²) in [5, 5.41) is 7.64. The Hall–Kier alpha value is -4.07. The third kappa shape index (κ3) is 4.92. The van der Waals surface area contributed by atoms with Crippen LogP contribution in [-0.2, 0) is 26.2 Å².